The molecule has 3 aromatic rings. The van der Waals surface area contributed by atoms with Gasteiger partial charge in [-0.1, -0.05) is 18.2 Å². The zero-order chi connectivity index (χ0) is 13.4. The monoisotopic (exact) mass is 271 g/mol. The predicted octanol–water partition coefficient (Wildman–Crippen LogP) is 3.78. The Bertz CT molecular complexity index is 746. The molecule has 0 unspecified atom stereocenters. The summed E-state index contributed by atoms with van der Waals surface area (Å²) >= 11 is 6.05. The molecule has 0 atom stereocenters. The van der Waals surface area contributed by atoms with Crippen LogP contribution in [0.2, 0.25) is 0 Å². The highest BCUT2D eigenvalue weighted by Crippen LogP contribution is 2.22. The lowest BCUT2D eigenvalue weighted by atomic mass is 10.1. The van der Waals surface area contributed by atoms with E-state index in [1.807, 2.05) is 54.9 Å². The lowest BCUT2D eigenvalue weighted by Crippen LogP contribution is -2.03. The Morgan fingerprint density at radius 3 is 2.63 bits per heavy atom. The quantitative estimate of drug-likeness (QED) is 0.664. The number of pyridine rings is 1. The summed E-state index contributed by atoms with van der Waals surface area (Å²) in [7, 11) is 0. The lowest BCUT2D eigenvalue weighted by molar-refractivity contribution is 0.809. The number of nitrogens with zero attached hydrogens (tertiary/aromatic N) is 3. The van der Waals surface area contributed by atoms with Gasteiger partial charge in [-0.05, 0) is 37.6 Å². The van der Waals surface area contributed by atoms with Gasteiger partial charge in [0.2, 0.25) is 0 Å². The molecule has 0 N–H and O–H groups in total. The SMILES string of the molecule is Cc1cc(C)n(-c2cc(CCl)c3ccccc3n2)n1. The molecule has 0 saturated carbocycles. The molecular weight excluding hydrogens is 258 g/mol. The summed E-state index contributed by atoms with van der Waals surface area (Å²) in [6.07, 6.45) is 0. The first kappa shape index (κ1) is 12.2. The van der Waals surface area contributed by atoms with Gasteiger partial charge in [0.15, 0.2) is 5.82 Å². The van der Waals surface area contributed by atoms with Crippen LogP contribution in [0.5, 0.6) is 0 Å². The summed E-state index contributed by atoms with van der Waals surface area (Å²) in [5.74, 6) is 1.29. The number of benzene rings is 1. The van der Waals surface area contributed by atoms with E-state index in [2.05, 4.69) is 10.1 Å². The van der Waals surface area contributed by atoms with Crippen LogP contribution in [-0.4, -0.2) is 14.8 Å². The molecule has 0 fully saturated rings. The minimum atomic E-state index is 0.468. The summed E-state index contributed by atoms with van der Waals surface area (Å²) in [4.78, 5) is 4.67. The maximum atomic E-state index is 6.05. The molecule has 19 heavy (non-hydrogen) atoms. The van der Waals surface area contributed by atoms with Crippen molar-refractivity contribution in [1.82, 2.24) is 14.8 Å². The van der Waals surface area contributed by atoms with Gasteiger partial charge in [0.05, 0.1) is 11.2 Å². The second-order valence-electron chi connectivity index (χ2n) is 4.63. The first-order valence-electron chi connectivity index (χ1n) is 6.17. The van der Waals surface area contributed by atoms with Gasteiger partial charge in [0.25, 0.3) is 0 Å². The van der Waals surface area contributed by atoms with Crippen LogP contribution < -0.4 is 0 Å². The molecule has 0 aliphatic carbocycles. The Labute approximate surface area is 116 Å². The smallest absolute Gasteiger partial charge is 0.154 e. The van der Waals surface area contributed by atoms with E-state index >= 15 is 0 Å². The van der Waals surface area contributed by atoms with Crippen LogP contribution in [-0.2, 0) is 5.88 Å². The number of fused-ring (bicyclic) bond motifs is 1. The van der Waals surface area contributed by atoms with Gasteiger partial charge >= 0.3 is 0 Å². The van der Waals surface area contributed by atoms with Crippen molar-refractivity contribution in [1.29, 1.82) is 0 Å². The van der Waals surface area contributed by atoms with Gasteiger partial charge in [-0.3, -0.25) is 0 Å². The molecular formula is C15H14ClN3. The number of aromatic nitrogens is 3. The molecule has 2 heterocycles. The molecule has 0 aliphatic heterocycles. The number of hydrogen-bond acceptors (Lipinski definition) is 2. The van der Waals surface area contributed by atoms with Crippen molar-refractivity contribution in [2.24, 2.45) is 0 Å². The number of hydrogen-bond donors (Lipinski definition) is 0. The molecule has 0 amide bonds. The maximum Gasteiger partial charge on any atom is 0.154 e. The Morgan fingerprint density at radius 1 is 1.16 bits per heavy atom. The highest BCUT2D eigenvalue weighted by atomic mass is 35.5. The summed E-state index contributed by atoms with van der Waals surface area (Å²) < 4.78 is 1.86. The average Bonchev–Trinajstić information content (AvgIpc) is 2.76. The highest BCUT2D eigenvalue weighted by molar-refractivity contribution is 6.18. The van der Waals surface area contributed by atoms with E-state index in [0.717, 1.165) is 33.7 Å². The van der Waals surface area contributed by atoms with E-state index in [0.29, 0.717) is 5.88 Å². The van der Waals surface area contributed by atoms with Crippen LogP contribution in [0.15, 0.2) is 36.4 Å². The first-order chi connectivity index (χ1) is 9.19. The van der Waals surface area contributed by atoms with E-state index < -0.39 is 0 Å². The van der Waals surface area contributed by atoms with E-state index in [1.165, 1.54) is 0 Å². The van der Waals surface area contributed by atoms with Crippen LogP contribution in [0.1, 0.15) is 17.0 Å². The third-order valence-electron chi connectivity index (χ3n) is 3.16. The van der Waals surface area contributed by atoms with Gasteiger partial charge in [0.1, 0.15) is 0 Å². The molecule has 1 aromatic carbocycles. The molecule has 3 nitrogen and oxygen atoms in total. The zero-order valence-electron chi connectivity index (χ0n) is 10.9. The molecule has 0 bridgehead atoms. The van der Waals surface area contributed by atoms with Gasteiger partial charge in [-0.2, -0.15) is 5.10 Å². The molecule has 0 spiro atoms. The Hall–Kier alpha value is -1.87. The summed E-state index contributed by atoms with van der Waals surface area (Å²) in [6.45, 7) is 4.00. The van der Waals surface area contributed by atoms with Crippen LogP contribution in [0, 0.1) is 13.8 Å². The molecule has 0 aliphatic rings. The summed E-state index contributed by atoms with van der Waals surface area (Å²) in [6, 6.07) is 12.1. The van der Waals surface area contributed by atoms with Crippen LogP contribution >= 0.6 is 11.6 Å². The van der Waals surface area contributed by atoms with Crippen molar-refractivity contribution in [3.8, 4) is 5.82 Å². The maximum absolute atomic E-state index is 6.05. The third kappa shape index (κ3) is 2.10. The van der Waals surface area contributed by atoms with Gasteiger partial charge in [-0.15, -0.1) is 11.6 Å². The number of para-hydroxylation sites is 1. The minimum absolute atomic E-state index is 0.468. The first-order valence-corrected chi connectivity index (χ1v) is 6.71. The van der Waals surface area contributed by atoms with Gasteiger partial charge < -0.3 is 0 Å². The largest absolute Gasteiger partial charge is 0.229 e. The van der Waals surface area contributed by atoms with Crippen molar-refractivity contribution < 1.29 is 0 Å². The molecule has 96 valence electrons. The standard InChI is InChI=1S/C15H14ClN3/c1-10-7-11(2)19(18-10)15-8-12(9-16)13-5-3-4-6-14(13)17-15/h3-8H,9H2,1-2H3. The van der Waals surface area contributed by atoms with Crippen molar-refractivity contribution in [2.45, 2.75) is 19.7 Å². The summed E-state index contributed by atoms with van der Waals surface area (Å²) in [5, 5.41) is 5.57. The van der Waals surface area contributed by atoms with Crippen molar-refractivity contribution in [3.63, 3.8) is 0 Å². The van der Waals surface area contributed by atoms with E-state index in [9.17, 15) is 0 Å². The third-order valence-corrected chi connectivity index (χ3v) is 3.45. The molecule has 0 saturated heterocycles. The Morgan fingerprint density at radius 2 is 1.95 bits per heavy atom. The predicted molar refractivity (Wildman–Crippen MR) is 77.9 cm³/mol. The van der Waals surface area contributed by atoms with Crippen molar-refractivity contribution in [3.05, 3.63) is 53.3 Å². The Kier molecular flexibility index (Phi) is 2.99. The highest BCUT2D eigenvalue weighted by Gasteiger charge is 2.09. The van der Waals surface area contributed by atoms with E-state index in [4.69, 9.17) is 11.6 Å². The second-order valence-corrected chi connectivity index (χ2v) is 4.90. The normalized spacial score (nSPS) is 11.1. The molecule has 0 radical (unpaired) electrons. The molecule has 3 rings (SSSR count). The zero-order valence-corrected chi connectivity index (χ0v) is 11.6. The fourth-order valence-electron chi connectivity index (χ4n) is 2.31. The second kappa shape index (κ2) is 4.67. The fraction of sp³-hybridized carbons (Fsp3) is 0.200. The molecule has 4 heteroatoms. The van der Waals surface area contributed by atoms with Crippen LogP contribution in [0.4, 0.5) is 0 Å². The average molecular weight is 272 g/mol. The number of aryl methyl sites for hydroxylation is 2. The Balaban J connectivity index is 2.28. The topological polar surface area (TPSA) is 30.7 Å². The van der Waals surface area contributed by atoms with Crippen molar-refractivity contribution in [2.75, 3.05) is 0 Å². The summed E-state index contributed by atoms with van der Waals surface area (Å²) in [5.41, 5.74) is 4.08. The van der Waals surface area contributed by atoms with Crippen LogP contribution in [0.3, 0.4) is 0 Å². The minimum Gasteiger partial charge on any atom is -0.229 e. The van der Waals surface area contributed by atoms with Crippen molar-refractivity contribution >= 4 is 22.5 Å². The fourth-order valence-corrected chi connectivity index (χ4v) is 2.53. The van der Waals surface area contributed by atoms with Gasteiger partial charge in [-0.25, -0.2) is 9.67 Å². The molecule has 2 aromatic heterocycles. The number of halogens is 1. The van der Waals surface area contributed by atoms with E-state index in [1.54, 1.807) is 0 Å². The number of rotatable bonds is 2. The lowest BCUT2D eigenvalue weighted by Gasteiger charge is -2.08. The number of alkyl halides is 1. The van der Waals surface area contributed by atoms with E-state index in [-0.39, 0.29) is 0 Å². The van der Waals surface area contributed by atoms with Crippen LogP contribution in [0.25, 0.3) is 16.7 Å². The van der Waals surface area contributed by atoms with Gasteiger partial charge in [0, 0.05) is 17.0 Å².